The Bertz CT molecular complexity index is 4310. The summed E-state index contributed by atoms with van der Waals surface area (Å²) in [6.45, 7) is 55.8. The quantitative estimate of drug-likeness (QED) is 0.0724. The van der Waals surface area contributed by atoms with Gasteiger partial charge >= 0.3 is 57.4 Å². The van der Waals surface area contributed by atoms with Crippen LogP contribution in [0.2, 0.25) is 36.3 Å². The van der Waals surface area contributed by atoms with Crippen molar-refractivity contribution in [2.75, 3.05) is 26.6 Å². The average Bonchev–Trinajstić information content (AvgIpc) is 1.55. The first-order valence-electron chi connectivity index (χ1n) is 50.4. The molecule has 19 aliphatic rings. The zero-order valence-electron chi connectivity index (χ0n) is 82.9. The predicted molar refractivity (Wildman–Crippen MR) is 496 cm³/mol. The number of ketones is 2. The van der Waals surface area contributed by atoms with E-state index in [1.807, 2.05) is 6.07 Å². The van der Waals surface area contributed by atoms with Crippen LogP contribution in [-0.4, -0.2) is 252 Å². The van der Waals surface area contributed by atoms with Crippen molar-refractivity contribution in [1.82, 2.24) is 0 Å². The number of carbonyl (C=O) groups excluding carboxylic acids is 3. The third-order valence-corrected chi connectivity index (χ3v) is 43.9. The van der Waals surface area contributed by atoms with E-state index in [1.165, 1.54) is 5.57 Å². The summed E-state index contributed by atoms with van der Waals surface area (Å²) in [7, 11) is -7.02. The van der Waals surface area contributed by atoms with E-state index in [0.717, 1.165) is 108 Å². The van der Waals surface area contributed by atoms with Gasteiger partial charge in [-0.05, 0) is 214 Å². The second kappa shape index (κ2) is 42.3. The van der Waals surface area contributed by atoms with E-state index in [1.54, 1.807) is 24.3 Å². The molecular weight excluding hydrogens is 1760 g/mol. The maximum atomic E-state index is 14.5. The van der Waals surface area contributed by atoms with Crippen molar-refractivity contribution in [2.45, 2.75) is 469 Å². The minimum absolute atomic E-state index is 0. The van der Waals surface area contributed by atoms with Crippen LogP contribution in [0.25, 0.3) is 0 Å². The van der Waals surface area contributed by atoms with E-state index in [-0.39, 0.29) is 262 Å². The molecule has 0 aliphatic carbocycles. The maximum absolute atomic E-state index is 14.5. The van der Waals surface area contributed by atoms with Gasteiger partial charge in [0.2, 0.25) is 0 Å². The fourth-order valence-corrected chi connectivity index (χ4v) is 27.5. The van der Waals surface area contributed by atoms with Crippen LogP contribution in [0.4, 0.5) is 0 Å². The number of fused-ring (bicyclic) bond motifs is 10. The SMILES string of the molecule is C=C1C2C[C@@H]3O[C@H](C[C@H](C)CO[Si](C)(C)C(C)(C)C)[C@H](C)C3CC(=O)C[C@H]3CC[C@@H]4O[C@@H]5[C@H]6O[C@@H]7C[C@](CC[C@H](OC(=O)c8ccccc8)CC(=C)[C@H](OS(C)(=O)=O)CC[C@@H](C[C@H]1C)O2)(O[C@H]6[C@H]4O3)O[C@H]57.C=C1C[C@@H]2CC[C@@]34C[C@H]5O[C@H]6[C@@H](O3)[C@H]3O[C@H](CC[C@@H]3O[C@H]6[C@H]5O4)CC(=O)CC3[C@H](CC4O[C@@H](CCC1O2)C[C@@H](C)C4=C)O[C@H](C[C@H](C)CO[Si](C)(C)C(C)(C)C)[C@@H]3C.C[O-].[K+]. The van der Waals surface area contributed by atoms with E-state index >= 15 is 0 Å². The second-order valence-corrected chi connectivity index (χ2v) is 57.4. The summed E-state index contributed by atoms with van der Waals surface area (Å²) < 4.78 is 155. The van der Waals surface area contributed by atoms with Crippen LogP contribution in [0.5, 0.6) is 0 Å². The van der Waals surface area contributed by atoms with Crippen molar-refractivity contribution in [3.8, 4) is 0 Å². The Morgan fingerprint density at radius 3 is 1.35 bits per heavy atom. The second-order valence-electron chi connectivity index (χ2n) is 46.2. The molecular formula is C103H159KO25SSi2. The average molecular weight is 1920 g/mol. The molecule has 19 aliphatic heterocycles. The van der Waals surface area contributed by atoms with E-state index in [4.69, 9.17) is 93.9 Å². The summed E-state index contributed by atoms with van der Waals surface area (Å²) in [5, 5.41) is 8.52. The Labute approximate surface area is 832 Å². The first-order valence-corrected chi connectivity index (χ1v) is 58.0. The molecule has 29 heteroatoms. The van der Waals surface area contributed by atoms with Gasteiger partial charge in [0.15, 0.2) is 28.2 Å². The zero-order valence-corrected chi connectivity index (χ0v) is 88.9. The molecule has 0 amide bonds. The molecule has 0 aromatic heterocycles. The van der Waals surface area contributed by atoms with E-state index in [2.05, 4.69) is 136 Å². The molecule has 25 nitrogen and oxygen atoms in total. The van der Waals surface area contributed by atoms with Gasteiger partial charge in [0, 0.05) is 83.8 Å². The van der Waals surface area contributed by atoms with Crippen LogP contribution in [0.1, 0.15) is 260 Å². The Morgan fingerprint density at radius 2 is 0.886 bits per heavy atom. The van der Waals surface area contributed by atoms with Crippen LogP contribution in [0.3, 0.4) is 0 Å². The molecule has 19 heterocycles. The fraction of sp³-hybridized carbons (Fsp3) is 0.835. The fourth-order valence-electron chi connectivity index (χ4n) is 24.6. The van der Waals surface area contributed by atoms with Crippen molar-refractivity contribution in [3.63, 3.8) is 0 Å². The summed E-state index contributed by atoms with van der Waals surface area (Å²) in [6.07, 6.45) is 10.3. The number of esters is 1. The summed E-state index contributed by atoms with van der Waals surface area (Å²) in [6, 6.07) is 8.80. The van der Waals surface area contributed by atoms with Gasteiger partial charge < -0.3 is 89.7 Å². The summed E-state index contributed by atoms with van der Waals surface area (Å²) >= 11 is 0. The largest absolute Gasteiger partial charge is 1.00 e. The molecule has 20 rings (SSSR count). The van der Waals surface area contributed by atoms with Crippen LogP contribution in [0.15, 0.2) is 78.9 Å². The van der Waals surface area contributed by atoms with Gasteiger partial charge in [-0.3, -0.25) is 13.8 Å². The molecule has 0 N–H and O–H groups in total. The van der Waals surface area contributed by atoms with Crippen molar-refractivity contribution in [1.29, 1.82) is 0 Å². The molecule has 1 aromatic carbocycles. The molecule has 2 spiro atoms. The first-order chi connectivity index (χ1) is 61.9. The van der Waals surface area contributed by atoms with Gasteiger partial charge in [-0.25, -0.2) is 4.79 Å². The Morgan fingerprint density at radius 1 is 0.470 bits per heavy atom. The monoisotopic (exact) mass is 1920 g/mol. The van der Waals surface area contributed by atoms with Crippen molar-refractivity contribution >= 4 is 44.3 Å². The van der Waals surface area contributed by atoms with Gasteiger partial charge in [0.25, 0.3) is 10.1 Å². The number of hydrogen-bond acceptors (Lipinski definition) is 25. The van der Waals surface area contributed by atoms with E-state index in [9.17, 15) is 22.8 Å². The molecule has 132 heavy (non-hydrogen) atoms. The number of Topliss-reactive ketones (excluding diaryl/α,β-unsaturated/α-hetero) is 2. The van der Waals surface area contributed by atoms with Crippen molar-refractivity contribution in [2.24, 2.45) is 47.3 Å². The third-order valence-electron chi connectivity index (χ3n) is 34.4. The van der Waals surface area contributed by atoms with Gasteiger partial charge in [-0.1, -0.05) is 128 Å². The number of ether oxygens (including phenoxy) is 16. The maximum Gasteiger partial charge on any atom is 1.00 e. The molecule has 19 fully saturated rings. The topological polar surface area (TPSA) is 284 Å². The Hall–Kier alpha value is -1.75. The van der Waals surface area contributed by atoms with E-state index < -0.39 is 74.8 Å². The summed E-state index contributed by atoms with van der Waals surface area (Å²) in [4.78, 5) is 42.5. The van der Waals surface area contributed by atoms with Gasteiger partial charge in [0.1, 0.15) is 78.7 Å². The number of rotatable bonds is 14. The predicted octanol–water partition coefficient (Wildman–Crippen LogP) is 13.6. The van der Waals surface area contributed by atoms with Gasteiger partial charge in [-0.15, -0.1) is 0 Å². The Kier molecular flexibility index (Phi) is 33.5. The van der Waals surface area contributed by atoms with Crippen LogP contribution in [0, 0.1) is 47.3 Å². The minimum atomic E-state index is -3.93. The third kappa shape index (κ3) is 23.2. The number of benzene rings is 1. The summed E-state index contributed by atoms with van der Waals surface area (Å²) in [5.74, 6) is -0.553. The van der Waals surface area contributed by atoms with Crippen molar-refractivity contribution < 1.29 is 168 Å². The van der Waals surface area contributed by atoms with Gasteiger partial charge in [0.05, 0.1) is 116 Å². The molecule has 1 aromatic rings. The van der Waals surface area contributed by atoms with Crippen LogP contribution in [-0.2, 0) is 109 Å². The normalized spacial score (nSPS) is 43.9. The smallest absolute Gasteiger partial charge is 0.857 e. The number of carbonyl (C=O) groups is 3. The van der Waals surface area contributed by atoms with Crippen molar-refractivity contribution in [3.05, 3.63) is 84.5 Å². The van der Waals surface area contributed by atoms with Crippen LogP contribution < -0.4 is 56.5 Å². The summed E-state index contributed by atoms with van der Waals surface area (Å²) in [5.41, 5.74) is 4.20. The van der Waals surface area contributed by atoms with Crippen LogP contribution >= 0.6 is 0 Å². The Balaban J connectivity index is 0.000000200. The minimum Gasteiger partial charge on any atom is -0.857 e. The molecule has 0 radical (unpaired) electrons. The molecule has 38 atom stereocenters. The molecule has 22 bridgehead atoms. The zero-order chi connectivity index (χ0) is 93.7. The standard InChI is InChI=1S/C55H82O14SSi.C47H74O10Si.CH3O.K/c1-31(30-60-71(10,11)54(6,7)8)23-44-35(5)41-27-37(56)26-39-18-20-43-48(62-39)52-51-50(65-43)49-47(66-51)29-55(67-49,68-52)22-21-40(63-53(57)36-15-13-12-14-16-36)25-33(3)42(69-70(9,58)59)19-17-38-24-32(2)34(4)45(61-38)28-46(41)64-44;1-25(24-49-58(9,10)46(6,7)8)17-37-29(5)34-21-30(48)20-32-12-14-36-41(52-32)45-44-43(54-36)42-40(55-44)23-47(56-42,57-45)16-15-33-19-27(3)35(50-33)13-11-31-18-26(2)28(4)38(51-31)22-39(34)53-37;1-2;/h12-16,31-32,35,38-52H,3-4,17-30H2,1-2,5-11H3;25-26,29,31-45H,3-4,11-24H2,1-2,5-10H3;1H3;/q;;-1;+1/t31-,32+,35+,38-,39+,40-,41?,42+,43-,44+,45?,46-,47+,48-,49-,50-,51+,52-,55-;25-,26+,29+,31-,32+,33-,34?,35?,36-,37+,38?,39-,40+,41-,42-,43-,44+,45-,47-;;/m00../s1. The van der Waals surface area contributed by atoms with Gasteiger partial charge in [-0.2, -0.15) is 15.5 Å². The number of hydrogen-bond donors (Lipinski definition) is 0. The van der Waals surface area contributed by atoms with E-state index in [0.29, 0.717) is 107 Å². The molecule has 0 saturated carbocycles. The molecule has 19 saturated heterocycles. The molecule has 736 valence electrons. The molecule has 5 unspecified atom stereocenters. The first kappa shape index (κ1) is 105.